The number of Topliss-reactive ketones (excluding diaryl/α,β-unsaturated/α-hetero) is 1. The number of amides is 7. The first-order valence-corrected chi connectivity index (χ1v) is 20.3. The van der Waals surface area contributed by atoms with E-state index in [4.69, 9.17) is 5.11 Å². The zero-order valence-electron chi connectivity index (χ0n) is 35.5. The first-order chi connectivity index (χ1) is 26.5. The van der Waals surface area contributed by atoms with Gasteiger partial charge in [-0.15, -0.1) is 0 Å². The Balaban J connectivity index is 0.000000679. The molecule has 0 bridgehead atoms. The van der Waals surface area contributed by atoms with E-state index < -0.39 is 53.3 Å². The van der Waals surface area contributed by atoms with Gasteiger partial charge in [0.05, 0.1) is 12.1 Å². The van der Waals surface area contributed by atoms with Gasteiger partial charge in [-0.05, 0) is 60.3 Å². The molecule has 3 aliphatic rings. The molecule has 15 nitrogen and oxygen atoms in total. The molecule has 57 heavy (non-hydrogen) atoms. The lowest BCUT2D eigenvalue weighted by molar-refractivity contribution is -0.143. The molecule has 0 spiro atoms. The van der Waals surface area contributed by atoms with Gasteiger partial charge in [0.1, 0.15) is 12.1 Å². The van der Waals surface area contributed by atoms with Gasteiger partial charge in [-0.25, -0.2) is 9.59 Å². The molecule has 0 aromatic heterocycles. The highest BCUT2D eigenvalue weighted by Gasteiger charge is 2.44. The first-order valence-electron chi connectivity index (χ1n) is 20.3. The Morgan fingerprint density at radius 2 is 1.54 bits per heavy atom. The van der Waals surface area contributed by atoms with Gasteiger partial charge in [-0.3, -0.25) is 24.0 Å². The minimum atomic E-state index is -0.992. The molecule has 4 atom stereocenters. The molecule has 2 aliphatic heterocycles. The summed E-state index contributed by atoms with van der Waals surface area (Å²) in [6, 6.07) is 5.78. The van der Waals surface area contributed by atoms with E-state index in [9.17, 15) is 33.6 Å². The summed E-state index contributed by atoms with van der Waals surface area (Å²) in [7, 11) is 0. The average molecular weight is 798 g/mol. The molecule has 318 valence electrons. The fraction of sp³-hybridized carbons (Fsp3) is 0.690. The summed E-state index contributed by atoms with van der Waals surface area (Å²) in [5, 5.41) is 21.9. The van der Waals surface area contributed by atoms with Gasteiger partial charge >= 0.3 is 12.1 Å². The number of carboxylic acid groups (broad SMARTS) is 1. The molecule has 6 N–H and O–H groups in total. The van der Waals surface area contributed by atoms with Gasteiger partial charge in [0.25, 0.3) is 5.91 Å². The summed E-state index contributed by atoms with van der Waals surface area (Å²) in [5.74, 6) is -2.15. The average Bonchev–Trinajstić information content (AvgIpc) is 3.79. The predicted molar refractivity (Wildman–Crippen MR) is 217 cm³/mol. The zero-order chi connectivity index (χ0) is 42.7. The first kappa shape index (κ1) is 46.7. The molecule has 0 radical (unpaired) electrons. The number of urea groups is 1. The molecule has 2 heterocycles. The largest absolute Gasteiger partial charge is 0.465 e. The van der Waals surface area contributed by atoms with Gasteiger partial charge in [-0.1, -0.05) is 99.1 Å². The van der Waals surface area contributed by atoms with Crippen molar-refractivity contribution in [3.8, 4) is 0 Å². The molecular weight excluding hydrogens is 731 g/mol. The molecule has 7 amide bonds. The van der Waals surface area contributed by atoms with Crippen LogP contribution in [0.3, 0.4) is 0 Å². The maximum atomic E-state index is 14.0. The smallest absolute Gasteiger partial charge is 0.404 e. The maximum Gasteiger partial charge on any atom is 0.404 e. The minimum absolute atomic E-state index is 0.0229. The van der Waals surface area contributed by atoms with Crippen LogP contribution in [0.5, 0.6) is 0 Å². The highest BCUT2D eigenvalue weighted by atomic mass is 16.4. The molecule has 2 saturated heterocycles. The molecular formula is C42H67N7O8. The van der Waals surface area contributed by atoms with E-state index in [1.807, 2.05) is 83.7 Å². The second-order valence-corrected chi connectivity index (χ2v) is 18.6. The Morgan fingerprint density at radius 1 is 0.895 bits per heavy atom. The Hall–Kier alpha value is -4.69. The Morgan fingerprint density at radius 3 is 2.09 bits per heavy atom. The Bertz CT molecular complexity index is 1580. The van der Waals surface area contributed by atoms with Crippen molar-refractivity contribution in [2.24, 2.45) is 16.2 Å². The van der Waals surface area contributed by atoms with Crippen molar-refractivity contribution in [1.82, 2.24) is 36.4 Å². The van der Waals surface area contributed by atoms with Gasteiger partial charge in [0.15, 0.2) is 0 Å². The standard InChI is InChI=1S/C34H58N6O6.C8H9NO2/c1-10-12-22(26(42)29(44)35-21-14-15-21)36-28(43)23-13-11-17-40(23)30(45)27(33(5,6)7)38-31(46)37-24(32(2,3)4)20-39-18-16-34(8,9)19-25(39)41;10-8(11)9-6-7-4-2-1-3-5-7/h21-24,27H,10-20H2,1-9H3,(H,35,44)(H,36,43)(H2,37,38,46);1-5,9H,6H2,(H,10,11). The van der Waals surface area contributed by atoms with Gasteiger partial charge in [0, 0.05) is 38.6 Å². The lowest BCUT2D eigenvalue weighted by Gasteiger charge is -2.41. The predicted octanol–water partition coefficient (Wildman–Crippen LogP) is 4.34. The quantitative estimate of drug-likeness (QED) is 0.149. The monoisotopic (exact) mass is 798 g/mol. The fourth-order valence-electron chi connectivity index (χ4n) is 6.81. The molecule has 4 rings (SSSR count). The summed E-state index contributed by atoms with van der Waals surface area (Å²) in [4.78, 5) is 92.6. The van der Waals surface area contributed by atoms with Crippen molar-refractivity contribution < 1.29 is 38.7 Å². The summed E-state index contributed by atoms with van der Waals surface area (Å²) >= 11 is 0. The molecule has 1 aromatic rings. The molecule has 4 unspecified atom stereocenters. The van der Waals surface area contributed by atoms with E-state index in [-0.39, 0.29) is 34.7 Å². The minimum Gasteiger partial charge on any atom is -0.465 e. The summed E-state index contributed by atoms with van der Waals surface area (Å²) in [5.41, 5.74) is -0.135. The van der Waals surface area contributed by atoms with Gasteiger partial charge < -0.3 is 41.5 Å². The van der Waals surface area contributed by atoms with E-state index in [0.29, 0.717) is 58.3 Å². The normalized spacial score (nSPS) is 19.5. The lowest BCUT2D eigenvalue weighted by Crippen LogP contribution is -2.62. The van der Waals surface area contributed by atoms with Crippen LogP contribution in [-0.4, -0.2) is 106 Å². The Kier molecular flexibility index (Phi) is 16.5. The van der Waals surface area contributed by atoms with Crippen LogP contribution in [0, 0.1) is 16.2 Å². The fourth-order valence-corrected chi connectivity index (χ4v) is 6.81. The molecule has 1 aromatic carbocycles. The number of carbonyl (C=O) groups is 7. The number of hydrogen-bond donors (Lipinski definition) is 6. The van der Waals surface area contributed by atoms with Crippen LogP contribution in [0.4, 0.5) is 9.59 Å². The lowest BCUT2D eigenvalue weighted by atomic mass is 9.81. The van der Waals surface area contributed by atoms with Crippen molar-refractivity contribution >= 4 is 41.5 Å². The van der Waals surface area contributed by atoms with Crippen molar-refractivity contribution in [3.63, 3.8) is 0 Å². The number of piperidine rings is 1. The van der Waals surface area contributed by atoms with Crippen LogP contribution >= 0.6 is 0 Å². The highest BCUT2D eigenvalue weighted by molar-refractivity contribution is 6.38. The number of benzene rings is 1. The van der Waals surface area contributed by atoms with Crippen LogP contribution in [-0.2, 0) is 30.5 Å². The van der Waals surface area contributed by atoms with Crippen LogP contribution in [0.2, 0.25) is 0 Å². The second-order valence-electron chi connectivity index (χ2n) is 18.6. The maximum absolute atomic E-state index is 14.0. The summed E-state index contributed by atoms with van der Waals surface area (Å²) in [6.45, 7) is 19.3. The van der Waals surface area contributed by atoms with Gasteiger partial charge in [-0.2, -0.15) is 0 Å². The molecule has 15 heteroatoms. The summed E-state index contributed by atoms with van der Waals surface area (Å²) < 4.78 is 0. The van der Waals surface area contributed by atoms with Gasteiger partial charge in [0.2, 0.25) is 23.5 Å². The third kappa shape index (κ3) is 15.0. The van der Waals surface area contributed by atoms with E-state index in [1.165, 1.54) is 4.90 Å². The van der Waals surface area contributed by atoms with Crippen LogP contribution in [0.1, 0.15) is 119 Å². The number of carbonyl (C=O) groups excluding carboxylic acids is 6. The Labute approximate surface area is 338 Å². The van der Waals surface area contributed by atoms with E-state index in [0.717, 1.165) is 24.8 Å². The number of nitrogens with zero attached hydrogens (tertiary/aromatic N) is 2. The van der Waals surface area contributed by atoms with Crippen molar-refractivity contribution in [3.05, 3.63) is 35.9 Å². The highest BCUT2D eigenvalue weighted by Crippen LogP contribution is 2.32. The van der Waals surface area contributed by atoms with Crippen molar-refractivity contribution in [1.29, 1.82) is 0 Å². The van der Waals surface area contributed by atoms with E-state index in [2.05, 4.69) is 40.4 Å². The van der Waals surface area contributed by atoms with Crippen LogP contribution in [0.25, 0.3) is 0 Å². The SMILES string of the molecule is CCCC(NC(=O)C1CCCN1C(=O)C(NC(=O)NC(CN1CCC(C)(C)CC1=O)C(C)(C)C)C(C)(C)C)C(=O)C(=O)NC1CC1.O=C(O)NCc1ccccc1. The molecule has 1 saturated carbocycles. The second kappa shape index (κ2) is 20.1. The summed E-state index contributed by atoms with van der Waals surface area (Å²) in [6.07, 6.45) is 3.94. The third-order valence-electron chi connectivity index (χ3n) is 10.7. The third-order valence-corrected chi connectivity index (χ3v) is 10.7. The number of ketones is 1. The topological polar surface area (TPSA) is 206 Å². The number of rotatable bonds is 14. The zero-order valence-corrected chi connectivity index (χ0v) is 35.5. The van der Waals surface area contributed by atoms with E-state index in [1.54, 1.807) is 0 Å². The van der Waals surface area contributed by atoms with Crippen molar-refractivity contribution in [2.45, 2.75) is 150 Å². The van der Waals surface area contributed by atoms with Crippen molar-refractivity contribution in [2.75, 3.05) is 19.6 Å². The molecule has 1 aliphatic carbocycles. The van der Waals surface area contributed by atoms with Crippen LogP contribution in [0.15, 0.2) is 30.3 Å². The number of nitrogens with one attached hydrogen (secondary N) is 5. The number of likely N-dealkylation sites (tertiary alicyclic amines) is 2. The number of hydrogen-bond acceptors (Lipinski definition) is 7. The molecule has 3 fully saturated rings. The van der Waals surface area contributed by atoms with E-state index >= 15 is 0 Å². The van der Waals surface area contributed by atoms with Crippen LogP contribution < -0.4 is 26.6 Å².